The smallest absolute Gasteiger partial charge is 0.322 e. The Labute approximate surface area is 123 Å². The number of anilines is 2. The van der Waals surface area contributed by atoms with Crippen LogP contribution >= 0.6 is 0 Å². The molecule has 1 amide bonds. The zero-order valence-electron chi connectivity index (χ0n) is 12.3. The van der Waals surface area contributed by atoms with E-state index in [1.54, 1.807) is 0 Å². The number of aromatic nitrogens is 3. The monoisotopic (exact) mass is 292 g/mol. The predicted octanol–water partition coefficient (Wildman–Crippen LogP) is 0.0268. The number of nitrogens with one attached hydrogen (secondary N) is 2. The molecule has 0 aliphatic carbocycles. The Morgan fingerprint density at radius 1 is 1.43 bits per heavy atom. The molecule has 3 rings (SSSR count). The highest BCUT2D eigenvalue weighted by Gasteiger charge is 2.41. The number of carbonyl (C=O) groups excluding carboxylic acids is 1. The Hall–Kier alpha value is -2.12. The summed E-state index contributed by atoms with van der Waals surface area (Å²) in [6, 6.07) is 0.406. The maximum Gasteiger partial charge on any atom is 0.322 e. The van der Waals surface area contributed by atoms with E-state index in [2.05, 4.69) is 30.5 Å². The predicted molar refractivity (Wildman–Crippen MR) is 77.4 cm³/mol. The lowest BCUT2D eigenvalue weighted by Gasteiger charge is -2.35. The fraction of sp³-hybridized carbons (Fsp3) is 0.692. The van der Waals surface area contributed by atoms with E-state index in [4.69, 9.17) is 4.74 Å². The summed E-state index contributed by atoms with van der Waals surface area (Å²) in [5.41, 5.74) is 0. The van der Waals surface area contributed by atoms with Crippen molar-refractivity contribution in [1.29, 1.82) is 0 Å². The quantitative estimate of drug-likeness (QED) is 0.808. The maximum atomic E-state index is 11.8. The number of amides is 1. The van der Waals surface area contributed by atoms with Gasteiger partial charge in [-0.3, -0.25) is 4.79 Å². The lowest BCUT2D eigenvalue weighted by Crippen LogP contribution is -2.46. The summed E-state index contributed by atoms with van der Waals surface area (Å²) < 4.78 is 5.15. The second kappa shape index (κ2) is 5.71. The summed E-state index contributed by atoms with van der Waals surface area (Å²) in [5, 5.41) is 6.01. The second-order valence-electron chi connectivity index (χ2n) is 5.23. The first kappa shape index (κ1) is 13.8. The van der Waals surface area contributed by atoms with Crippen LogP contribution in [-0.4, -0.2) is 53.6 Å². The molecule has 3 heterocycles. The van der Waals surface area contributed by atoms with Crippen molar-refractivity contribution in [1.82, 2.24) is 20.3 Å². The molecule has 1 aromatic heterocycles. The van der Waals surface area contributed by atoms with Crippen LogP contribution in [0.15, 0.2) is 0 Å². The molecule has 0 radical (unpaired) electrons. The summed E-state index contributed by atoms with van der Waals surface area (Å²) in [4.78, 5) is 26.9. The topological polar surface area (TPSA) is 92.3 Å². The van der Waals surface area contributed by atoms with Gasteiger partial charge >= 0.3 is 6.01 Å². The molecule has 0 saturated carbocycles. The van der Waals surface area contributed by atoms with Gasteiger partial charge in [0.15, 0.2) is 0 Å². The van der Waals surface area contributed by atoms with Crippen molar-refractivity contribution in [3.05, 3.63) is 0 Å². The molecule has 2 unspecified atom stereocenters. The summed E-state index contributed by atoms with van der Waals surface area (Å²) >= 11 is 0. The molecule has 8 nitrogen and oxygen atoms in total. The molecule has 0 spiro atoms. The van der Waals surface area contributed by atoms with Gasteiger partial charge in [0.1, 0.15) is 0 Å². The van der Waals surface area contributed by atoms with E-state index >= 15 is 0 Å². The third-order valence-corrected chi connectivity index (χ3v) is 3.98. The maximum absolute atomic E-state index is 11.8. The van der Waals surface area contributed by atoms with Crippen molar-refractivity contribution in [3.8, 4) is 6.01 Å². The molecule has 21 heavy (non-hydrogen) atoms. The van der Waals surface area contributed by atoms with Crippen molar-refractivity contribution >= 4 is 17.8 Å². The van der Waals surface area contributed by atoms with Crippen molar-refractivity contribution in [2.45, 2.75) is 25.8 Å². The van der Waals surface area contributed by atoms with Gasteiger partial charge in [0.05, 0.1) is 19.1 Å². The first-order valence-corrected chi connectivity index (χ1v) is 7.31. The van der Waals surface area contributed by atoms with Crippen LogP contribution in [0.25, 0.3) is 0 Å². The number of hydrogen-bond donors (Lipinski definition) is 2. The van der Waals surface area contributed by atoms with Gasteiger partial charge in [0, 0.05) is 19.6 Å². The average molecular weight is 292 g/mol. The van der Waals surface area contributed by atoms with E-state index in [9.17, 15) is 4.79 Å². The number of ether oxygens (including phenoxy) is 1. The Balaban J connectivity index is 1.91. The zero-order valence-corrected chi connectivity index (χ0v) is 12.3. The molecule has 0 bridgehead atoms. The largest absolute Gasteiger partial charge is 0.467 e. The first-order chi connectivity index (χ1) is 10.2. The SMILES string of the molecule is CCNc1nc(OC)nc(N2CCCC3C(=O)NCC32)n1. The Kier molecular flexibility index (Phi) is 3.76. The van der Waals surface area contributed by atoms with Crippen molar-refractivity contribution in [3.63, 3.8) is 0 Å². The molecule has 2 atom stereocenters. The van der Waals surface area contributed by atoms with Gasteiger partial charge in [0.2, 0.25) is 17.8 Å². The molecule has 1 aromatic rings. The van der Waals surface area contributed by atoms with Crippen LogP contribution in [0.1, 0.15) is 19.8 Å². The Morgan fingerprint density at radius 2 is 2.29 bits per heavy atom. The zero-order chi connectivity index (χ0) is 14.8. The van der Waals surface area contributed by atoms with Crippen LogP contribution in [0.3, 0.4) is 0 Å². The number of nitrogens with zero attached hydrogens (tertiary/aromatic N) is 4. The van der Waals surface area contributed by atoms with Crippen molar-refractivity contribution in [2.75, 3.05) is 37.0 Å². The number of piperidine rings is 1. The fourth-order valence-electron chi connectivity index (χ4n) is 3.00. The van der Waals surface area contributed by atoms with E-state index < -0.39 is 0 Å². The van der Waals surface area contributed by atoms with Gasteiger partial charge < -0.3 is 20.3 Å². The van der Waals surface area contributed by atoms with E-state index in [0.717, 1.165) is 25.9 Å². The molecule has 8 heteroatoms. The highest BCUT2D eigenvalue weighted by Crippen LogP contribution is 2.30. The molecule has 2 saturated heterocycles. The summed E-state index contributed by atoms with van der Waals surface area (Å²) in [5.74, 6) is 1.24. The number of fused-ring (bicyclic) bond motifs is 1. The van der Waals surface area contributed by atoms with Gasteiger partial charge in [-0.1, -0.05) is 0 Å². The third-order valence-electron chi connectivity index (χ3n) is 3.98. The van der Waals surface area contributed by atoms with Crippen molar-refractivity contribution in [2.24, 2.45) is 5.92 Å². The number of hydrogen-bond acceptors (Lipinski definition) is 7. The van der Waals surface area contributed by atoms with E-state index in [-0.39, 0.29) is 23.9 Å². The van der Waals surface area contributed by atoms with Crippen LogP contribution in [0.5, 0.6) is 6.01 Å². The van der Waals surface area contributed by atoms with Crippen molar-refractivity contribution < 1.29 is 9.53 Å². The van der Waals surface area contributed by atoms with Crippen LogP contribution in [0.2, 0.25) is 0 Å². The van der Waals surface area contributed by atoms with E-state index in [1.807, 2.05) is 6.92 Å². The standard InChI is InChI=1S/C13H20N6O2/c1-3-14-11-16-12(18-13(17-11)21-2)19-6-4-5-8-9(19)7-15-10(8)20/h8-9H,3-7H2,1-2H3,(H,15,20)(H,14,16,17,18). The number of carbonyl (C=O) groups is 1. The average Bonchev–Trinajstić information content (AvgIpc) is 2.89. The van der Waals surface area contributed by atoms with Gasteiger partial charge in [-0.15, -0.1) is 0 Å². The molecule has 0 aromatic carbocycles. The van der Waals surface area contributed by atoms with Gasteiger partial charge in [0.25, 0.3) is 0 Å². The highest BCUT2D eigenvalue weighted by molar-refractivity contribution is 5.82. The molecule has 2 aliphatic rings. The van der Waals surface area contributed by atoms with Crippen LogP contribution in [-0.2, 0) is 4.79 Å². The number of methoxy groups -OCH3 is 1. The summed E-state index contributed by atoms with van der Waals surface area (Å²) in [6.45, 7) is 4.19. The van der Waals surface area contributed by atoms with Gasteiger partial charge in [-0.05, 0) is 19.8 Å². The van der Waals surface area contributed by atoms with Crippen LogP contribution in [0.4, 0.5) is 11.9 Å². The van der Waals surface area contributed by atoms with E-state index in [0.29, 0.717) is 18.4 Å². The molecule has 2 fully saturated rings. The highest BCUT2D eigenvalue weighted by atomic mass is 16.5. The minimum Gasteiger partial charge on any atom is -0.467 e. The summed E-state index contributed by atoms with van der Waals surface area (Å²) in [6.07, 6.45) is 1.88. The Morgan fingerprint density at radius 3 is 3.05 bits per heavy atom. The molecule has 114 valence electrons. The second-order valence-corrected chi connectivity index (χ2v) is 5.23. The van der Waals surface area contributed by atoms with E-state index in [1.165, 1.54) is 7.11 Å². The minimum atomic E-state index is 0.0316. The normalized spacial score (nSPS) is 24.5. The number of rotatable bonds is 4. The summed E-state index contributed by atoms with van der Waals surface area (Å²) in [7, 11) is 1.54. The fourth-order valence-corrected chi connectivity index (χ4v) is 3.00. The van der Waals surface area contributed by atoms with Gasteiger partial charge in [-0.2, -0.15) is 15.0 Å². The molecular weight excluding hydrogens is 272 g/mol. The van der Waals surface area contributed by atoms with Gasteiger partial charge in [-0.25, -0.2) is 0 Å². The first-order valence-electron chi connectivity index (χ1n) is 7.31. The lowest BCUT2D eigenvalue weighted by atomic mass is 9.92. The lowest BCUT2D eigenvalue weighted by molar-refractivity contribution is -0.123. The minimum absolute atomic E-state index is 0.0316. The molecule has 2 N–H and O–H groups in total. The molecule has 2 aliphatic heterocycles. The Bertz CT molecular complexity index is 537. The van der Waals surface area contributed by atoms with Crippen LogP contribution < -0.4 is 20.3 Å². The molecular formula is C13H20N6O2. The van der Waals surface area contributed by atoms with Crippen LogP contribution in [0, 0.1) is 5.92 Å². The third kappa shape index (κ3) is 2.57.